The highest BCUT2D eigenvalue weighted by molar-refractivity contribution is 6.31. The highest BCUT2D eigenvalue weighted by Gasteiger charge is 2.09. The van der Waals surface area contributed by atoms with E-state index in [2.05, 4.69) is 16.0 Å². The molecule has 0 aliphatic carbocycles. The Bertz CT molecular complexity index is 1270. The summed E-state index contributed by atoms with van der Waals surface area (Å²) in [4.78, 5) is 7.69. The first-order valence-corrected chi connectivity index (χ1v) is 9.65. The minimum absolute atomic E-state index is 0.0303. The molecule has 0 fully saturated rings. The smallest absolute Gasteiger partial charge is 0.149 e. The second-order valence-electron chi connectivity index (χ2n) is 6.83. The molecule has 0 saturated heterocycles. The third-order valence-electron chi connectivity index (χ3n) is 4.65. The van der Waals surface area contributed by atoms with Gasteiger partial charge in [-0.1, -0.05) is 35.9 Å². The Kier molecular flexibility index (Phi) is 5.51. The van der Waals surface area contributed by atoms with E-state index in [1.807, 2.05) is 37.3 Å². The van der Waals surface area contributed by atoms with Crippen LogP contribution in [-0.4, -0.2) is 9.97 Å². The lowest BCUT2D eigenvalue weighted by molar-refractivity contribution is 0.300. The fraction of sp³-hybridized carbons (Fsp3) is 0.0833. The average molecular weight is 418 g/mol. The first kappa shape index (κ1) is 19.7. The molecule has 6 heteroatoms. The van der Waals surface area contributed by atoms with Crippen molar-refractivity contribution in [3.8, 4) is 11.8 Å². The molecule has 1 N–H and O–H groups in total. The summed E-state index contributed by atoms with van der Waals surface area (Å²) >= 11 is 6.02. The Morgan fingerprint density at radius 2 is 2.00 bits per heavy atom. The molecule has 4 aromatic rings. The lowest BCUT2D eigenvalue weighted by Gasteiger charge is -2.09. The molecule has 0 aliphatic rings. The maximum atomic E-state index is 13.8. The quantitative estimate of drug-likeness (QED) is 0.387. The number of halogens is 2. The molecular formula is C24H17ClFN3O. The van der Waals surface area contributed by atoms with E-state index in [9.17, 15) is 9.65 Å². The topological polar surface area (TPSA) is 61.7 Å². The second-order valence-corrected chi connectivity index (χ2v) is 7.24. The van der Waals surface area contributed by atoms with Crippen LogP contribution in [0.5, 0.6) is 5.75 Å². The van der Waals surface area contributed by atoms with E-state index in [1.54, 1.807) is 30.3 Å². The predicted molar refractivity (Wildman–Crippen MR) is 116 cm³/mol. The van der Waals surface area contributed by atoms with Crippen LogP contribution in [0.25, 0.3) is 22.7 Å². The summed E-state index contributed by atoms with van der Waals surface area (Å²) < 4.78 is 19.5. The largest absolute Gasteiger partial charge is 0.489 e. The van der Waals surface area contributed by atoms with E-state index >= 15 is 0 Å². The molecule has 1 aromatic heterocycles. The lowest BCUT2D eigenvalue weighted by Crippen LogP contribution is -1.99. The monoisotopic (exact) mass is 417 g/mol. The minimum atomic E-state index is -0.401. The molecule has 148 valence electrons. The second kappa shape index (κ2) is 8.40. The first-order chi connectivity index (χ1) is 14.5. The Hall–Kier alpha value is -3.62. The van der Waals surface area contributed by atoms with E-state index < -0.39 is 5.82 Å². The van der Waals surface area contributed by atoms with Gasteiger partial charge in [-0.15, -0.1) is 0 Å². The van der Waals surface area contributed by atoms with E-state index in [4.69, 9.17) is 16.3 Å². The fourth-order valence-corrected chi connectivity index (χ4v) is 3.27. The van der Waals surface area contributed by atoms with Crippen molar-refractivity contribution in [3.63, 3.8) is 0 Å². The van der Waals surface area contributed by atoms with Gasteiger partial charge in [0.15, 0.2) is 0 Å². The molecule has 0 unspecified atom stereocenters. The van der Waals surface area contributed by atoms with E-state index in [0.29, 0.717) is 27.7 Å². The average Bonchev–Trinajstić information content (AvgIpc) is 3.15. The number of nitrogens with zero attached hydrogens (tertiary/aromatic N) is 2. The van der Waals surface area contributed by atoms with Gasteiger partial charge < -0.3 is 9.72 Å². The number of benzene rings is 3. The van der Waals surface area contributed by atoms with Crippen molar-refractivity contribution in [1.29, 1.82) is 5.26 Å². The maximum absolute atomic E-state index is 13.8. The van der Waals surface area contributed by atoms with Gasteiger partial charge >= 0.3 is 0 Å². The normalized spacial score (nSPS) is 11.5. The molecule has 0 amide bonds. The van der Waals surface area contributed by atoms with Crippen LogP contribution in [0.4, 0.5) is 4.39 Å². The number of ether oxygens (including phenoxy) is 1. The minimum Gasteiger partial charge on any atom is -0.489 e. The third kappa shape index (κ3) is 4.19. The number of aromatic nitrogens is 2. The molecular weight excluding hydrogens is 401 g/mol. The first-order valence-electron chi connectivity index (χ1n) is 9.28. The summed E-state index contributed by atoms with van der Waals surface area (Å²) in [5, 5.41) is 9.91. The van der Waals surface area contributed by atoms with Gasteiger partial charge in [0.25, 0.3) is 0 Å². The van der Waals surface area contributed by atoms with Gasteiger partial charge in [0.2, 0.25) is 0 Å². The van der Waals surface area contributed by atoms with Gasteiger partial charge in [0, 0.05) is 5.56 Å². The number of nitrogens with one attached hydrogen (secondary N) is 1. The summed E-state index contributed by atoms with van der Waals surface area (Å²) in [5.41, 5.74) is 4.38. The molecule has 0 atom stereocenters. The maximum Gasteiger partial charge on any atom is 0.149 e. The van der Waals surface area contributed by atoms with Crippen LogP contribution in [-0.2, 0) is 6.61 Å². The Morgan fingerprint density at radius 1 is 1.20 bits per heavy atom. The molecule has 30 heavy (non-hydrogen) atoms. The van der Waals surface area contributed by atoms with Gasteiger partial charge in [0.1, 0.15) is 30.1 Å². The number of hydrogen-bond acceptors (Lipinski definition) is 3. The Morgan fingerprint density at radius 3 is 2.73 bits per heavy atom. The lowest BCUT2D eigenvalue weighted by atomic mass is 10.1. The van der Waals surface area contributed by atoms with Gasteiger partial charge in [-0.3, -0.25) is 0 Å². The van der Waals surface area contributed by atoms with Gasteiger partial charge in [-0.2, -0.15) is 5.26 Å². The Labute approximate surface area is 178 Å². The molecule has 4 rings (SSSR count). The van der Waals surface area contributed by atoms with Crippen LogP contribution in [0.2, 0.25) is 5.02 Å². The van der Waals surface area contributed by atoms with Crippen molar-refractivity contribution in [2.75, 3.05) is 0 Å². The predicted octanol–water partition coefficient (Wildman–Crippen LogP) is 6.31. The summed E-state index contributed by atoms with van der Waals surface area (Å²) in [6, 6.07) is 19.8. The summed E-state index contributed by atoms with van der Waals surface area (Å²) in [7, 11) is 0. The zero-order chi connectivity index (χ0) is 21.1. The molecule has 0 radical (unpaired) electrons. The number of fused-ring (bicyclic) bond motifs is 1. The van der Waals surface area contributed by atoms with Crippen LogP contribution < -0.4 is 4.74 Å². The summed E-state index contributed by atoms with van der Waals surface area (Å²) in [6.45, 7) is 2.04. The van der Waals surface area contributed by atoms with Crippen LogP contribution in [0.15, 0.2) is 60.7 Å². The molecule has 0 saturated carbocycles. The molecule has 4 nitrogen and oxygen atoms in total. The summed E-state index contributed by atoms with van der Waals surface area (Å²) in [6.07, 6.45) is 1.75. The SMILES string of the molecule is Cc1ccc2nc(/C(C#N)=C\c3ccc(OCc4c(F)cccc4Cl)cc3)[nH]c2c1. The van der Waals surface area contributed by atoms with E-state index in [1.165, 1.54) is 6.07 Å². The summed E-state index contributed by atoms with van der Waals surface area (Å²) in [5.74, 6) is 0.693. The number of aromatic amines is 1. The van der Waals surface area contributed by atoms with Crippen molar-refractivity contribution < 1.29 is 9.13 Å². The van der Waals surface area contributed by atoms with Crippen molar-refractivity contribution in [1.82, 2.24) is 9.97 Å². The molecule has 1 heterocycles. The number of aryl methyl sites for hydroxylation is 1. The zero-order valence-corrected chi connectivity index (χ0v) is 16.9. The van der Waals surface area contributed by atoms with E-state index in [-0.39, 0.29) is 6.61 Å². The van der Waals surface area contributed by atoms with Crippen LogP contribution in [0.1, 0.15) is 22.5 Å². The van der Waals surface area contributed by atoms with Crippen LogP contribution >= 0.6 is 11.6 Å². The van der Waals surface area contributed by atoms with Gasteiger partial charge in [0.05, 0.1) is 21.6 Å². The number of rotatable bonds is 5. The Balaban J connectivity index is 1.52. The highest BCUT2D eigenvalue weighted by atomic mass is 35.5. The van der Waals surface area contributed by atoms with Gasteiger partial charge in [-0.05, 0) is 60.5 Å². The van der Waals surface area contributed by atoms with Crippen molar-refractivity contribution >= 4 is 34.3 Å². The number of imidazole rings is 1. The molecule has 3 aromatic carbocycles. The fourth-order valence-electron chi connectivity index (χ4n) is 3.06. The standard InChI is InChI=1S/C24H17ClFN3O/c1-15-5-10-22-23(11-15)29-24(28-22)17(13-27)12-16-6-8-18(9-7-16)30-14-19-20(25)3-2-4-21(19)26/h2-12H,14H2,1H3,(H,28,29)/b17-12-. The van der Waals surface area contributed by atoms with Crippen molar-refractivity contribution in [2.24, 2.45) is 0 Å². The zero-order valence-electron chi connectivity index (χ0n) is 16.1. The van der Waals surface area contributed by atoms with Crippen LogP contribution in [0.3, 0.4) is 0 Å². The number of hydrogen-bond donors (Lipinski definition) is 1. The van der Waals surface area contributed by atoms with Crippen molar-refractivity contribution in [3.05, 3.63) is 94.0 Å². The number of allylic oxidation sites excluding steroid dienone is 1. The van der Waals surface area contributed by atoms with E-state index in [0.717, 1.165) is 22.2 Å². The van der Waals surface area contributed by atoms with Gasteiger partial charge in [-0.25, -0.2) is 9.37 Å². The third-order valence-corrected chi connectivity index (χ3v) is 5.00. The molecule has 0 aliphatic heterocycles. The molecule has 0 bridgehead atoms. The number of nitriles is 1. The molecule has 0 spiro atoms. The number of H-pyrrole nitrogens is 1. The highest BCUT2D eigenvalue weighted by Crippen LogP contribution is 2.23. The van der Waals surface area contributed by atoms with Crippen LogP contribution in [0, 0.1) is 24.1 Å². The van der Waals surface area contributed by atoms with Crippen molar-refractivity contribution in [2.45, 2.75) is 13.5 Å².